The molecule has 218 valence electrons. The average molecular weight is 595 g/mol. The second kappa shape index (κ2) is 10.00. The Hall–Kier alpha value is -0.920. The second-order valence-corrected chi connectivity index (χ2v) is 9.72. The Bertz CT molecular complexity index is 744. The summed E-state index contributed by atoms with van der Waals surface area (Å²) in [6.07, 6.45) is -11.8. The highest BCUT2D eigenvalue weighted by molar-refractivity contribution is 7.99. The Kier molecular flexibility index (Phi) is 9.74. The van der Waals surface area contributed by atoms with Crippen LogP contribution in [0.25, 0.3) is 0 Å². The molecule has 0 N–H and O–H groups in total. The first-order valence-corrected chi connectivity index (χ1v) is 10.3. The molecule has 1 unspecified atom stereocenters. The van der Waals surface area contributed by atoms with Crippen molar-refractivity contribution in [3.05, 3.63) is 0 Å². The SMILES string of the molecule is C[N+](C)(C)CC([O-])CSCCC(F)(F)C(F)(F)C(F)(F)C(F)(F)C(F)(F)C(F)(F)C(F)(F)C(F)(F)F. The molecule has 0 saturated carbocycles. The van der Waals surface area contributed by atoms with Crippen LogP contribution < -0.4 is 5.11 Å². The van der Waals surface area contributed by atoms with Crippen LogP contribution in [0.15, 0.2) is 0 Å². The molecule has 0 aliphatic rings. The Morgan fingerprint density at radius 1 is 0.583 bits per heavy atom. The number of quaternary nitrogens is 1. The molecule has 20 heteroatoms. The summed E-state index contributed by atoms with van der Waals surface area (Å²) in [6, 6.07) is 0. The summed E-state index contributed by atoms with van der Waals surface area (Å²) in [5.74, 6) is -58.2. The van der Waals surface area contributed by atoms with Crippen LogP contribution in [-0.4, -0.2) is 97.4 Å². The van der Waals surface area contributed by atoms with Crippen LogP contribution in [0, 0.1) is 0 Å². The lowest BCUT2D eigenvalue weighted by Crippen LogP contribution is -2.74. The minimum atomic E-state index is -8.63. The van der Waals surface area contributed by atoms with Crippen LogP contribution in [0.3, 0.4) is 0 Å². The molecular weight excluding hydrogens is 577 g/mol. The van der Waals surface area contributed by atoms with Gasteiger partial charge in [0.15, 0.2) is 0 Å². The zero-order valence-corrected chi connectivity index (χ0v) is 18.9. The number of rotatable bonds is 13. The van der Waals surface area contributed by atoms with Gasteiger partial charge in [-0.1, -0.05) is 6.10 Å². The predicted molar refractivity (Wildman–Crippen MR) is 89.3 cm³/mol. The van der Waals surface area contributed by atoms with Gasteiger partial charge in [-0.15, -0.1) is 0 Å². The summed E-state index contributed by atoms with van der Waals surface area (Å²) < 4.78 is 224. The van der Waals surface area contributed by atoms with Gasteiger partial charge in [-0.05, 0) is 11.5 Å². The molecule has 1 atom stereocenters. The highest BCUT2D eigenvalue weighted by atomic mass is 32.2. The fourth-order valence-electron chi connectivity index (χ4n) is 2.43. The average Bonchev–Trinajstić information content (AvgIpc) is 2.61. The van der Waals surface area contributed by atoms with Crippen LogP contribution in [-0.2, 0) is 0 Å². The van der Waals surface area contributed by atoms with E-state index >= 15 is 0 Å². The zero-order valence-electron chi connectivity index (χ0n) is 18.1. The Labute approximate surface area is 196 Å². The fourth-order valence-corrected chi connectivity index (χ4v) is 3.37. The standard InChI is InChI=1S/C16H18F17NOS/c1-34(2,3)6-8(35)7-36-5-4-9(17,18)10(19,20)11(21,22)12(23,24)13(25,26)14(27,28)15(29,30)16(31,32)33/h8H,4-7H2,1-3H3. The lowest BCUT2D eigenvalue weighted by molar-refractivity contribution is -0.879. The van der Waals surface area contributed by atoms with Gasteiger partial charge in [0.1, 0.15) is 0 Å². The third-order valence-electron chi connectivity index (χ3n) is 4.40. The molecule has 0 aliphatic carbocycles. The third-order valence-corrected chi connectivity index (χ3v) is 5.50. The number of hydrogen-bond donors (Lipinski definition) is 0. The molecule has 0 aromatic carbocycles. The van der Waals surface area contributed by atoms with Crippen LogP contribution in [0.4, 0.5) is 74.6 Å². The van der Waals surface area contributed by atoms with Crippen molar-refractivity contribution in [2.45, 2.75) is 60.2 Å². The topological polar surface area (TPSA) is 23.1 Å². The molecule has 0 aromatic heterocycles. The normalized spacial score (nSPS) is 16.9. The minimum absolute atomic E-state index is 0.0382. The van der Waals surface area contributed by atoms with Gasteiger partial charge in [-0.2, -0.15) is 86.4 Å². The monoisotopic (exact) mass is 595 g/mol. The minimum Gasteiger partial charge on any atom is -0.847 e. The van der Waals surface area contributed by atoms with E-state index in [1.54, 1.807) is 0 Å². The summed E-state index contributed by atoms with van der Waals surface area (Å²) in [5.41, 5.74) is 0. The van der Waals surface area contributed by atoms with Gasteiger partial charge in [-0.25, -0.2) is 0 Å². The quantitative estimate of drug-likeness (QED) is 0.158. The molecule has 0 saturated heterocycles. The van der Waals surface area contributed by atoms with Gasteiger partial charge in [0.2, 0.25) is 0 Å². The van der Waals surface area contributed by atoms with Crippen molar-refractivity contribution >= 4 is 11.8 Å². The maximum Gasteiger partial charge on any atom is 0.460 e. The van der Waals surface area contributed by atoms with Gasteiger partial charge in [0, 0.05) is 6.42 Å². The van der Waals surface area contributed by atoms with E-state index in [-0.39, 0.29) is 22.8 Å². The lowest BCUT2D eigenvalue weighted by atomic mass is 9.88. The van der Waals surface area contributed by atoms with Gasteiger partial charge in [-0.3, -0.25) is 0 Å². The maximum absolute atomic E-state index is 13.7. The third kappa shape index (κ3) is 6.04. The van der Waals surface area contributed by atoms with Crippen LogP contribution in [0.1, 0.15) is 6.42 Å². The van der Waals surface area contributed by atoms with E-state index < -0.39 is 71.7 Å². The summed E-state index contributed by atoms with van der Waals surface area (Å²) in [5, 5.41) is 11.6. The van der Waals surface area contributed by atoms with Gasteiger partial charge >= 0.3 is 47.6 Å². The molecule has 0 fully saturated rings. The van der Waals surface area contributed by atoms with Crippen molar-refractivity contribution in [2.24, 2.45) is 0 Å². The van der Waals surface area contributed by atoms with Gasteiger partial charge in [0.05, 0.1) is 27.7 Å². The van der Waals surface area contributed by atoms with Crippen LogP contribution >= 0.6 is 11.8 Å². The van der Waals surface area contributed by atoms with E-state index in [0.717, 1.165) is 0 Å². The van der Waals surface area contributed by atoms with E-state index in [9.17, 15) is 79.7 Å². The predicted octanol–water partition coefficient (Wildman–Crippen LogP) is 5.55. The van der Waals surface area contributed by atoms with E-state index in [1.165, 1.54) is 21.1 Å². The lowest BCUT2D eigenvalue weighted by Gasteiger charge is -2.42. The smallest absolute Gasteiger partial charge is 0.460 e. The summed E-state index contributed by atoms with van der Waals surface area (Å²) in [4.78, 5) is 0. The van der Waals surface area contributed by atoms with E-state index in [0.29, 0.717) is 0 Å². The maximum atomic E-state index is 13.7. The summed E-state index contributed by atoms with van der Waals surface area (Å²) in [6.45, 7) is -0.157. The number of halogens is 17. The highest BCUT2D eigenvalue weighted by Crippen LogP contribution is 2.64. The molecule has 0 bridgehead atoms. The Morgan fingerprint density at radius 2 is 0.917 bits per heavy atom. The molecule has 0 radical (unpaired) electrons. The number of alkyl halides is 17. The van der Waals surface area contributed by atoms with Crippen molar-refractivity contribution < 1.29 is 84.2 Å². The molecule has 0 spiro atoms. The van der Waals surface area contributed by atoms with Crippen LogP contribution in [0.2, 0.25) is 0 Å². The van der Waals surface area contributed by atoms with Gasteiger partial charge in [0.25, 0.3) is 0 Å². The molecule has 0 aromatic rings. The molecule has 0 heterocycles. The van der Waals surface area contributed by atoms with Crippen molar-refractivity contribution in [1.29, 1.82) is 0 Å². The first-order chi connectivity index (χ1) is 15.4. The molecule has 0 aliphatic heterocycles. The fraction of sp³-hybridized carbons (Fsp3) is 1.00. The first kappa shape index (κ1) is 35.1. The van der Waals surface area contributed by atoms with Crippen molar-refractivity contribution in [1.82, 2.24) is 0 Å². The van der Waals surface area contributed by atoms with E-state index in [4.69, 9.17) is 0 Å². The Balaban J connectivity index is 6.00. The van der Waals surface area contributed by atoms with E-state index in [1.807, 2.05) is 0 Å². The van der Waals surface area contributed by atoms with Gasteiger partial charge < -0.3 is 9.59 Å². The van der Waals surface area contributed by atoms with Crippen LogP contribution in [0.5, 0.6) is 0 Å². The number of nitrogens with zero attached hydrogens (tertiary/aromatic N) is 1. The summed E-state index contributed by atoms with van der Waals surface area (Å²) >= 11 is 0.118. The zero-order chi connectivity index (χ0) is 29.6. The van der Waals surface area contributed by atoms with Crippen molar-refractivity contribution in [2.75, 3.05) is 39.2 Å². The molecule has 36 heavy (non-hydrogen) atoms. The van der Waals surface area contributed by atoms with Crippen molar-refractivity contribution in [3.8, 4) is 0 Å². The van der Waals surface area contributed by atoms with E-state index in [2.05, 4.69) is 0 Å². The second-order valence-electron chi connectivity index (χ2n) is 8.57. The van der Waals surface area contributed by atoms with Crippen molar-refractivity contribution in [3.63, 3.8) is 0 Å². The molecular formula is C16H18F17NOS. The molecule has 0 amide bonds. The number of hydrogen-bond acceptors (Lipinski definition) is 2. The molecule has 2 nitrogen and oxygen atoms in total. The Morgan fingerprint density at radius 3 is 1.25 bits per heavy atom. The first-order valence-electron chi connectivity index (χ1n) is 9.10. The largest absolute Gasteiger partial charge is 0.847 e. The number of likely N-dealkylation sites (N-methyl/N-ethyl adjacent to an activating group) is 1. The highest BCUT2D eigenvalue weighted by Gasteiger charge is 2.95. The molecule has 0 rings (SSSR count). The number of thioether (sulfide) groups is 1. The summed E-state index contributed by atoms with van der Waals surface area (Å²) in [7, 11) is 4.53.